The van der Waals surface area contributed by atoms with Crippen molar-refractivity contribution in [2.24, 2.45) is 0 Å². The van der Waals surface area contributed by atoms with Gasteiger partial charge in [0.25, 0.3) is 15.9 Å². The van der Waals surface area contributed by atoms with E-state index in [4.69, 9.17) is 0 Å². The van der Waals surface area contributed by atoms with Crippen LogP contribution in [0.3, 0.4) is 0 Å². The average molecular weight is 415 g/mol. The van der Waals surface area contributed by atoms with E-state index in [0.717, 1.165) is 16.7 Å². The van der Waals surface area contributed by atoms with Crippen LogP contribution in [-0.2, 0) is 10.0 Å². The lowest BCUT2D eigenvalue weighted by Crippen LogP contribution is -2.41. The monoisotopic (exact) mass is 414 g/mol. The molecule has 0 aliphatic rings. The quantitative estimate of drug-likeness (QED) is 0.477. The Hall–Kier alpha value is -2.81. The molecule has 0 radical (unpaired) electrons. The van der Waals surface area contributed by atoms with Gasteiger partial charge in [-0.05, 0) is 43.0 Å². The third-order valence-corrected chi connectivity index (χ3v) is 6.28. The number of carbonyl (C=O) groups is 2. The summed E-state index contributed by atoms with van der Waals surface area (Å²) in [5.41, 5.74) is 5.37. The molecule has 6 nitrogen and oxygen atoms in total. The number of nitrogens with one attached hydrogen (secondary N) is 2. The summed E-state index contributed by atoms with van der Waals surface area (Å²) in [5, 5.41) is 1.78. The van der Waals surface area contributed by atoms with E-state index in [1.165, 1.54) is 42.5 Å². The number of aryl methyl sites for hydroxylation is 1. The number of sulfonamides is 1. The van der Waals surface area contributed by atoms with Crippen LogP contribution in [0.5, 0.6) is 0 Å². The van der Waals surface area contributed by atoms with E-state index in [2.05, 4.69) is 10.3 Å². The number of benzene rings is 2. The molecular formula is C20H18N2O4S2. The highest BCUT2D eigenvalue weighted by atomic mass is 32.2. The number of ketones is 1. The van der Waals surface area contributed by atoms with Crippen molar-refractivity contribution in [3.05, 3.63) is 76.0 Å². The van der Waals surface area contributed by atoms with Crippen LogP contribution in [0, 0.1) is 6.92 Å². The second-order valence-electron chi connectivity index (χ2n) is 6.17. The standard InChI is InChI=1S/C20H18N2O4S2/c1-13-3-5-16(6-4-13)18-11-12-27-19(18)20(24)21-22-28(25,26)17-9-7-15(8-10-17)14(2)23/h3-12,22H,1-2H3,(H,21,24). The van der Waals surface area contributed by atoms with Gasteiger partial charge in [0, 0.05) is 11.1 Å². The van der Waals surface area contributed by atoms with E-state index in [0.29, 0.717) is 10.4 Å². The zero-order valence-electron chi connectivity index (χ0n) is 15.2. The van der Waals surface area contributed by atoms with Gasteiger partial charge in [0.15, 0.2) is 5.78 Å². The van der Waals surface area contributed by atoms with E-state index in [1.807, 2.05) is 37.3 Å². The number of hydrogen-bond donors (Lipinski definition) is 2. The molecule has 0 bridgehead atoms. The second kappa shape index (κ2) is 8.05. The molecular weight excluding hydrogens is 396 g/mol. The summed E-state index contributed by atoms with van der Waals surface area (Å²) in [6.07, 6.45) is 0. The van der Waals surface area contributed by atoms with Crippen LogP contribution in [0.15, 0.2) is 64.9 Å². The molecule has 0 unspecified atom stereocenters. The smallest absolute Gasteiger partial charge is 0.276 e. The summed E-state index contributed by atoms with van der Waals surface area (Å²) in [7, 11) is -3.96. The molecule has 2 N–H and O–H groups in total. The number of hydrogen-bond acceptors (Lipinski definition) is 5. The van der Waals surface area contributed by atoms with Crippen molar-refractivity contribution in [2.45, 2.75) is 18.7 Å². The highest BCUT2D eigenvalue weighted by Crippen LogP contribution is 2.28. The number of thiophene rings is 1. The van der Waals surface area contributed by atoms with Crippen molar-refractivity contribution in [1.82, 2.24) is 10.3 Å². The molecule has 0 atom stereocenters. The van der Waals surface area contributed by atoms with E-state index < -0.39 is 15.9 Å². The molecule has 0 saturated heterocycles. The lowest BCUT2D eigenvalue weighted by Gasteiger charge is -2.09. The predicted octanol–water partition coefficient (Wildman–Crippen LogP) is 3.55. The average Bonchev–Trinajstić information content (AvgIpc) is 3.17. The molecule has 0 aliphatic heterocycles. The summed E-state index contributed by atoms with van der Waals surface area (Å²) >= 11 is 1.22. The topological polar surface area (TPSA) is 92.3 Å². The van der Waals surface area contributed by atoms with Gasteiger partial charge >= 0.3 is 0 Å². The molecule has 3 rings (SSSR count). The SMILES string of the molecule is CC(=O)c1ccc(S(=O)(=O)NNC(=O)c2sccc2-c2ccc(C)cc2)cc1. The molecule has 0 saturated carbocycles. The van der Waals surface area contributed by atoms with E-state index >= 15 is 0 Å². The molecule has 144 valence electrons. The van der Waals surface area contributed by atoms with Crippen LogP contribution in [0.1, 0.15) is 32.5 Å². The molecule has 1 amide bonds. The van der Waals surface area contributed by atoms with Gasteiger partial charge in [0.2, 0.25) is 0 Å². The van der Waals surface area contributed by atoms with E-state index in [1.54, 1.807) is 5.38 Å². The van der Waals surface area contributed by atoms with Crippen LogP contribution in [0.4, 0.5) is 0 Å². The largest absolute Gasteiger partial charge is 0.295 e. The van der Waals surface area contributed by atoms with Gasteiger partial charge in [-0.25, -0.2) is 8.42 Å². The maximum absolute atomic E-state index is 12.5. The van der Waals surface area contributed by atoms with E-state index in [9.17, 15) is 18.0 Å². The van der Waals surface area contributed by atoms with Gasteiger partial charge in [-0.1, -0.05) is 42.0 Å². The molecule has 0 spiro atoms. The highest BCUT2D eigenvalue weighted by Gasteiger charge is 2.19. The Morgan fingerprint density at radius 1 is 0.929 bits per heavy atom. The van der Waals surface area contributed by atoms with Crippen molar-refractivity contribution >= 4 is 33.1 Å². The molecule has 0 aliphatic carbocycles. The lowest BCUT2D eigenvalue weighted by molar-refractivity contribution is 0.0949. The number of amides is 1. The van der Waals surface area contributed by atoms with Gasteiger partial charge in [-0.2, -0.15) is 0 Å². The Bertz CT molecular complexity index is 1120. The van der Waals surface area contributed by atoms with Crippen molar-refractivity contribution in [3.8, 4) is 11.1 Å². The third kappa shape index (κ3) is 4.36. The normalized spacial score (nSPS) is 11.2. The van der Waals surface area contributed by atoms with E-state index in [-0.39, 0.29) is 10.7 Å². The van der Waals surface area contributed by atoms with Crippen LogP contribution in [0.2, 0.25) is 0 Å². The van der Waals surface area contributed by atoms with Gasteiger partial charge in [0.05, 0.1) is 4.90 Å². The summed E-state index contributed by atoms with van der Waals surface area (Å²) < 4.78 is 24.7. The Morgan fingerprint density at radius 3 is 2.18 bits per heavy atom. The number of rotatable bonds is 6. The molecule has 2 aromatic carbocycles. The molecule has 1 heterocycles. The van der Waals surface area contributed by atoms with Gasteiger partial charge < -0.3 is 0 Å². The fourth-order valence-electron chi connectivity index (χ4n) is 2.54. The Kier molecular flexibility index (Phi) is 5.73. The fourth-order valence-corrected chi connectivity index (χ4v) is 4.19. The van der Waals surface area contributed by atoms with Gasteiger partial charge in [-0.15, -0.1) is 16.2 Å². The first-order valence-electron chi connectivity index (χ1n) is 8.35. The van der Waals surface area contributed by atoms with Crippen LogP contribution < -0.4 is 10.3 Å². The van der Waals surface area contributed by atoms with Crippen LogP contribution >= 0.6 is 11.3 Å². The highest BCUT2D eigenvalue weighted by molar-refractivity contribution is 7.89. The van der Waals surface area contributed by atoms with Crippen LogP contribution in [0.25, 0.3) is 11.1 Å². The number of carbonyl (C=O) groups excluding carboxylic acids is 2. The summed E-state index contributed by atoms with van der Waals surface area (Å²) in [6, 6.07) is 15.0. The summed E-state index contributed by atoms with van der Waals surface area (Å²) in [6.45, 7) is 3.37. The van der Waals surface area contributed by atoms with Gasteiger partial charge in [-0.3, -0.25) is 15.0 Å². The van der Waals surface area contributed by atoms with Gasteiger partial charge in [0.1, 0.15) is 4.88 Å². The Labute approximate surface area is 167 Å². The fraction of sp³-hybridized carbons (Fsp3) is 0.100. The predicted molar refractivity (Wildman–Crippen MR) is 109 cm³/mol. The first-order chi connectivity index (χ1) is 13.3. The number of Topliss-reactive ketones (excluding diaryl/α,β-unsaturated/α-hetero) is 1. The molecule has 8 heteroatoms. The van der Waals surface area contributed by atoms with Crippen molar-refractivity contribution < 1.29 is 18.0 Å². The minimum absolute atomic E-state index is 0.0530. The molecule has 1 aromatic heterocycles. The van der Waals surface area contributed by atoms with Crippen molar-refractivity contribution in [1.29, 1.82) is 0 Å². The maximum atomic E-state index is 12.5. The summed E-state index contributed by atoms with van der Waals surface area (Å²) in [4.78, 5) is 26.3. The zero-order chi connectivity index (χ0) is 20.3. The van der Waals surface area contributed by atoms with Crippen molar-refractivity contribution in [2.75, 3.05) is 0 Å². The maximum Gasteiger partial charge on any atom is 0.276 e. The molecule has 28 heavy (non-hydrogen) atoms. The minimum Gasteiger partial charge on any atom is -0.295 e. The van der Waals surface area contributed by atoms with Crippen LogP contribution in [-0.4, -0.2) is 20.1 Å². The third-order valence-electron chi connectivity index (χ3n) is 4.10. The molecule has 0 fully saturated rings. The minimum atomic E-state index is -3.96. The summed E-state index contributed by atoms with van der Waals surface area (Å²) in [5.74, 6) is -0.707. The Morgan fingerprint density at radius 2 is 1.57 bits per heavy atom. The first kappa shape index (κ1) is 19.9. The van der Waals surface area contributed by atoms with Crippen molar-refractivity contribution in [3.63, 3.8) is 0 Å². The lowest BCUT2D eigenvalue weighted by atomic mass is 10.1. The first-order valence-corrected chi connectivity index (χ1v) is 10.7. The second-order valence-corrected chi connectivity index (χ2v) is 8.77. The Balaban J connectivity index is 1.74. The zero-order valence-corrected chi connectivity index (χ0v) is 16.9. The number of hydrazine groups is 1. The molecule has 3 aromatic rings.